The molecule has 0 fully saturated rings. The smallest absolute Gasteiger partial charge is 0.272 e. The van der Waals surface area contributed by atoms with E-state index in [1.807, 2.05) is 12.1 Å². The van der Waals surface area contributed by atoms with Gasteiger partial charge in [0.05, 0.1) is 23.6 Å². The van der Waals surface area contributed by atoms with Crippen LogP contribution in [0.5, 0.6) is 0 Å². The van der Waals surface area contributed by atoms with Crippen LogP contribution in [-0.4, -0.2) is 38.9 Å². The average Bonchev–Trinajstić information content (AvgIpc) is 3.11. The molecule has 0 unspecified atom stereocenters. The zero-order chi connectivity index (χ0) is 19.9. The normalized spacial score (nSPS) is 10.4. The monoisotopic (exact) mass is 377 g/mol. The summed E-state index contributed by atoms with van der Waals surface area (Å²) >= 11 is 0. The van der Waals surface area contributed by atoms with Crippen molar-refractivity contribution in [3.8, 4) is 23.0 Å². The SMILES string of the molecule is N#CCc1ccc(-c2cn(-c3ccc(C(=O)NCCCO)cn3)[nH]c2=O)cc1. The third-order valence-electron chi connectivity index (χ3n) is 4.15. The van der Waals surface area contributed by atoms with E-state index in [2.05, 4.69) is 21.5 Å². The topological polar surface area (TPSA) is 124 Å². The minimum atomic E-state index is -0.272. The van der Waals surface area contributed by atoms with Crippen LogP contribution in [0.3, 0.4) is 0 Å². The van der Waals surface area contributed by atoms with Gasteiger partial charge in [0.1, 0.15) is 0 Å². The largest absolute Gasteiger partial charge is 0.396 e. The Hall–Kier alpha value is -3.70. The van der Waals surface area contributed by atoms with Gasteiger partial charge in [-0.05, 0) is 29.7 Å². The van der Waals surface area contributed by atoms with Crippen LogP contribution in [0.4, 0.5) is 0 Å². The molecule has 1 aromatic carbocycles. The van der Waals surface area contributed by atoms with Crippen LogP contribution in [0, 0.1) is 11.3 Å². The zero-order valence-electron chi connectivity index (χ0n) is 15.1. The van der Waals surface area contributed by atoms with E-state index in [0.29, 0.717) is 36.3 Å². The Morgan fingerprint density at radius 2 is 2.04 bits per heavy atom. The number of aromatic amines is 1. The summed E-state index contributed by atoms with van der Waals surface area (Å²) in [6.07, 6.45) is 3.88. The molecule has 8 nitrogen and oxygen atoms in total. The second kappa shape index (κ2) is 8.79. The Morgan fingerprint density at radius 1 is 1.25 bits per heavy atom. The maximum atomic E-state index is 12.3. The molecule has 0 radical (unpaired) electrons. The van der Waals surface area contributed by atoms with Crippen molar-refractivity contribution in [3.63, 3.8) is 0 Å². The fourth-order valence-corrected chi connectivity index (χ4v) is 2.66. The Labute approximate surface area is 161 Å². The van der Waals surface area contributed by atoms with Crippen molar-refractivity contribution in [1.82, 2.24) is 20.1 Å². The number of hydrogen-bond donors (Lipinski definition) is 3. The molecule has 1 amide bonds. The lowest BCUT2D eigenvalue weighted by molar-refractivity contribution is 0.0951. The Balaban J connectivity index is 1.78. The van der Waals surface area contributed by atoms with Gasteiger partial charge in [0.15, 0.2) is 5.82 Å². The van der Waals surface area contributed by atoms with Crippen molar-refractivity contribution in [2.45, 2.75) is 12.8 Å². The van der Waals surface area contributed by atoms with Crippen LogP contribution in [0.2, 0.25) is 0 Å². The molecule has 28 heavy (non-hydrogen) atoms. The molecule has 0 atom stereocenters. The molecule has 0 saturated carbocycles. The Kier molecular flexibility index (Phi) is 5.99. The minimum absolute atomic E-state index is 0.0157. The zero-order valence-corrected chi connectivity index (χ0v) is 15.1. The van der Waals surface area contributed by atoms with E-state index in [1.165, 1.54) is 10.9 Å². The second-order valence-corrected chi connectivity index (χ2v) is 6.12. The highest BCUT2D eigenvalue weighted by molar-refractivity contribution is 5.93. The van der Waals surface area contributed by atoms with Gasteiger partial charge < -0.3 is 10.4 Å². The van der Waals surface area contributed by atoms with Crippen molar-refractivity contribution in [2.75, 3.05) is 13.2 Å². The van der Waals surface area contributed by atoms with E-state index in [4.69, 9.17) is 10.4 Å². The van der Waals surface area contributed by atoms with Crippen LogP contribution in [-0.2, 0) is 6.42 Å². The van der Waals surface area contributed by atoms with Crippen molar-refractivity contribution in [1.29, 1.82) is 5.26 Å². The summed E-state index contributed by atoms with van der Waals surface area (Å²) in [6.45, 7) is 0.403. The average molecular weight is 377 g/mol. The maximum Gasteiger partial charge on any atom is 0.272 e. The number of pyridine rings is 1. The molecule has 0 bridgehead atoms. The number of aliphatic hydroxyl groups excluding tert-OH is 1. The summed E-state index contributed by atoms with van der Waals surface area (Å²) in [5.41, 5.74) is 2.24. The van der Waals surface area contributed by atoms with Gasteiger partial charge in [0, 0.05) is 25.5 Å². The molecule has 142 valence electrons. The molecule has 0 aliphatic heterocycles. The number of amides is 1. The van der Waals surface area contributed by atoms with E-state index < -0.39 is 0 Å². The summed E-state index contributed by atoms with van der Waals surface area (Å²) < 4.78 is 1.49. The number of aliphatic hydroxyl groups is 1. The number of benzene rings is 1. The van der Waals surface area contributed by atoms with Crippen LogP contribution >= 0.6 is 0 Å². The molecule has 8 heteroatoms. The molecule has 3 aromatic rings. The lowest BCUT2D eigenvalue weighted by Crippen LogP contribution is -2.25. The standard InChI is InChI=1S/C20H19N5O3/c21-9-8-14-2-4-15(5-3-14)17-13-25(24-20(17)28)18-7-6-16(12-23-18)19(27)22-10-1-11-26/h2-7,12-13,26H,1,8,10-11H2,(H,22,27)(H,24,28). The van der Waals surface area contributed by atoms with Gasteiger partial charge in [-0.2, -0.15) is 5.26 Å². The Bertz CT molecular complexity index is 1040. The number of rotatable bonds is 7. The third-order valence-corrected chi connectivity index (χ3v) is 4.15. The molecule has 0 spiro atoms. The Morgan fingerprint density at radius 3 is 2.68 bits per heavy atom. The summed E-state index contributed by atoms with van der Waals surface area (Å²) in [7, 11) is 0. The predicted molar refractivity (Wildman–Crippen MR) is 103 cm³/mol. The molecule has 3 N–H and O–H groups in total. The number of nitrogens with zero attached hydrogens (tertiary/aromatic N) is 3. The second-order valence-electron chi connectivity index (χ2n) is 6.12. The lowest BCUT2D eigenvalue weighted by Gasteiger charge is -2.05. The first kappa shape index (κ1) is 19.1. The van der Waals surface area contributed by atoms with Gasteiger partial charge in [-0.25, -0.2) is 9.67 Å². The molecule has 3 rings (SSSR count). The number of nitrogens with one attached hydrogen (secondary N) is 2. The lowest BCUT2D eigenvalue weighted by atomic mass is 10.1. The van der Waals surface area contributed by atoms with Crippen molar-refractivity contribution >= 4 is 5.91 Å². The summed E-state index contributed by atoms with van der Waals surface area (Å²) in [6, 6.07) is 12.6. The molecular weight excluding hydrogens is 358 g/mol. The van der Waals surface area contributed by atoms with Crippen molar-refractivity contribution in [2.24, 2.45) is 0 Å². The molecule has 2 aromatic heterocycles. The maximum absolute atomic E-state index is 12.3. The first-order valence-corrected chi connectivity index (χ1v) is 8.76. The number of hydrogen-bond acceptors (Lipinski definition) is 5. The van der Waals surface area contributed by atoms with Crippen molar-refractivity contribution < 1.29 is 9.90 Å². The minimum Gasteiger partial charge on any atom is -0.396 e. The molecular formula is C20H19N5O3. The number of carbonyl (C=O) groups excluding carboxylic acids is 1. The van der Waals surface area contributed by atoms with Gasteiger partial charge in [0.2, 0.25) is 0 Å². The quantitative estimate of drug-likeness (QED) is 0.537. The van der Waals surface area contributed by atoms with Gasteiger partial charge in [-0.15, -0.1) is 0 Å². The molecule has 2 heterocycles. The fraction of sp³-hybridized carbons (Fsp3) is 0.200. The van der Waals surface area contributed by atoms with Crippen molar-refractivity contribution in [3.05, 3.63) is 70.3 Å². The molecule has 0 aliphatic carbocycles. The number of H-pyrrole nitrogens is 1. The summed E-state index contributed by atoms with van der Waals surface area (Å²) in [5.74, 6) is 0.197. The number of nitriles is 1. The fourth-order valence-electron chi connectivity index (χ4n) is 2.66. The van der Waals surface area contributed by atoms with Gasteiger partial charge >= 0.3 is 0 Å². The van der Waals surface area contributed by atoms with E-state index in [1.54, 1.807) is 30.5 Å². The van der Waals surface area contributed by atoms with Crippen LogP contribution in [0.1, 0.15) is 22.3 Å². The van der Waals surface area contributed by atoms with E-state index in [-0.39, 0.29) is 18.1 Å². The highest BCUT2D eigenvalue weighted by Gasteiger charge is 2.10. The third kappa shape index (κ3) is 4.34. The first-order chi connectivity index (χ1) is 13.6. The van der Waals surface area contributed by atoms with E-state index >= 15 is 0 Å². The van der Waals surface area contributed by atoms with Gasteiger partial charge in [-0.1, -0.05) is 24.3 Å². The predicted octanol–water partition coefficient (Wildman–Crippen LogP) is 1.41. The van der Waals surface area contributed by atoms with Crippen LogP contribution in [0.25, 0.3) is 16.9 Å². The van der Waals surface area contributed by atoms with E-state index in [0.717, 1.165) is 11.1 Å². The van der Waals surface area contributed by atoms with Gasteiger partial charge in [-0.3, -0.25) is 14.7 Å². The molecule has 0 aliphatic rings. The first-order valence-electron chi connectivity index (χ1n) is 8.76. The summed E-state index contributed by atoms with van der Waals surface area (Å²) in [5, 5.41) is 22.9. The van der Waals surface area contributed by atoms with Crippen LogP contribution < -0.4 is 10.9 Å². The highest BCUT2D eigenvalue weighted by Crippen LogP contribution is 2.17. The van der Waals surface area contributed by atoms with Gasteiger partial charge in [0.25, 0.3) is 11.5 Å². The summed E-state index contributed by atoms with van der Waals surface area (Å²) in [4.78, 5) is 28.5. The number of aromatic nitrogens is 3. The molecule has 0 saturated heterocycles. The van der Waals surface area contributed by atoms with Crippen LogP contribution in [0.15, 0.2) is 53.6 Å². The van der Waals surface area contributed by atoms with E-state index in [9.17, 15) is 9.59 Å². The number of carbonyl (C=O) groups is 1. The highest BCUT2D eigenvalue weighted by atomic mass is 16.3.